The highest BCUT2D eigenvalue weighted by molar-refractivity contribution is 5.80. The van der Waals surface area contributed by atoms with Gasteiger partial charge in [-0.3, -0.25) is 0 Å². The Kier molecular flexibility index (Phi) is 2.97. The molecule has 2 heterocycles. The molecular formula is C15H13F2N3. The third-order valence-corrected chi connectivity index (χ3v) is 3.11. The van der Waals surface area contributed by atoms with Gasteiger partial charge in [0.2, 0.25) is 0 Å². The van der Waals surface area contributed by atoms with Gasteiger partial charge >= 0.3 is 0 Å². The van der Waals surface area contributed by atoms with E-state index in [1.165, 1.54) is 16.8 Å². The lowest BCUT2D eigenvalue weighted by atomic mass is 10.1. The minimum absolute atomic E-state index is 0.196. The summed E-state index contributed by atoms with van der Waals surface area (Å²) < 4.78 is 28.2. The highest BCUT2D eigenvalue weighted by Gasteiger charge is 2.15. The maximum Gasteiger partial charge on any atom is 0.163 e. The lowest BCUT2D eigenvalue weighted by molar-refractivity contribution is 0.580. The number of pyridine rings is 1. The van der Waals surface area contributed by atoms with Gasteiger partial charge in [-0.1, -0.05) is 13.8 Å². The van der Waals surface area contributed by atoms with Crippen LogP contribution in [0.5, 0.6) is 0 Å². The summed E-state index contributed by atoms with van der Waals surface area (Å²) in [6.45, 7) is 4.04. The zero-order valence-corrected chi connectivity index (χ0v) is 11.1. The number of hydrogen-bond donors (Lipinski definition) is 0. The monoisotopic (exact) mass is 273 g/mol. The van der Waals surface area contributed by atoms with Crippen LogP contribution in [-0.2, 0) is 0 Å². The van der Waals surface area contributed by atoms with Crippen LogP contribution < -0.4 is 0 Å². The topological polar surface area (TPSA) is 30.7 Å². The number of rotatable bonds is 2. The van der Waals surface area contributed by atoms with Gasteiger partial charge in [0.25, 0.3) is 0 Å². The van der Waals surface area contributed by atoms with E-state index < -0.39 is 11.6 Å². The Labute approximate surface area is 114 Å². The Morgan fingerprint density at radius 3 is 2.45 bits per heavy atom. The summed E-state index contributed by atoms with van der Waals surface area (Å²) in [7, 11) is 0. The van der Waals surface area contributed by atoms with Crippen molar-refractivity contribution in [3.8, 4) is 5.69 Å². The molecule has 0 fully saturated rings. The molecule has 0 saturated carbocycles. The second-order valence-corrected chi connectivity index (χ2v) is 4.95. The van der Waals surface area contributed by atoms with Gasteiger partial charge < -0.3 is 0 Å². The third kappa shape index (κ3) is 2.05. The fourth-order valence-corrected chi connectivity index (χ4v) is 2.24. The Bertz CT molecular complexity index is 758. The first-order valence-corrected chi connectivity index (χ1v) is 6.36. The Morgan fingerprint density at radius 1 is 1.10 bits per heavy atom. The molecule has 0 radical (unpaired) electrons. The molecule has 20 heavy (non-hydrogen) atoms. The first-order chi connectivity index (χ1) is 9.56. The molecule has 0 aliphatic carbocycles. The molecule has 0 spiro atoms. The van der Waals surface area contributed by atoms with Gasteiger partial charge in [-0.15, -0.1) is 0 Å². The predicted molar refractivity (Wildman–Crippen MR) is 72.9 cm³/mol. The van der Waals surface area contributed by atoms with Crippen molar-refractivity contribution in [2.75, 3.05) is 0 Å². The molecule has 0 atom stereocenters. The average Bonchev–Trinajstić information content (AvgIpc) is 2.77. The Hall–Kier alpha value is -2.30. The molecule has 0 amide bonds. The van der Waals surface area contributed by atoms with Crippen LogP contribution in [0.15, 0.2) is 36.5 Å². The van der Waals surface area contributed by atoms with Crippen molar-refractivity contribution in [1.82, 2.24) is 14.8 Å². The molecule has 1 aromatic carbocycles. The maximum absolute atomic E-state index is 13.4. The summed E-state index contributed by atoms with van der Waals surface area (Å²) in [5, 5.41) is 5.36. The van der Waals surface area contributed by atoms with Crippen LogP contribution in [0, 0.1) is 11.6 Å². The predicted octanol–water partition coefficient (Wildman–Crippen LogP) is 3.82. The maximum atomic E-state index is 13.4. The molecule has 0 aliphatic rings. The molecule has 102 valence electrons. The van der Waals surface area contributed by atoms with E-state index in [0.717, 1.165) is 17.1 Å². The lowest BCUT2D eigenvalue weighted by Crippen LogP contribution is -2.00. The van der Waals surface area contributed by atoms with E-state index in [-0.39, 0.29) is 5.92 Å². The summed E-state index contributed by atoms with van der Waals surface area (Å²) in [6.07, 6.45) is 1.64. The van der Waals surface area contributed by atoms with Gasteiger partial charge in [-0.05, 0) is 30.2 Å². The molecule has 0 bridgehead atoms. The SMILES string of the molecule is CC(C)c1nn(-c2cc(F)cc(F)c2)c2ncccc12. The number of nitrogens with zero attached hydrogens (tertiary/aromatic N) is 3. The number of halogens is 2. The molecule has 3 nitrogen and oxygen atoms in total. The molecular weight excluding hydrogens is 260 g/mol. The highest BCUT2D eigenvalue weighted by atomic mass is 19.1. The van der Waals surface area contributed by atoms with E-state index in [9.17, 15) is 8.78 Å². The van der Waals surface area contributed by atoms with Crippen LogP contribution in [0.1, 0.15) is 25.5 Å². The molecule has 0 N–H and O–H groups in total. The molecule has 3 aromatic rings. The highest BCUT2D eigenvalue weighted by Crippen LogP contribution is 2.26. The summed E-state index contributed by atoms with van der Waals surface area (Å²) in [5.74, 6) is -1.07. The van der Waals surface area contributed by atoms with Crippen molar-refractivity contribution < 1.29 is 8.78 Å². The Morgan fingerprint density at radius 2 is 1.80 bits per heavy atom. The van der Waals surface area contributed by atoms with Crippen LogP contribution in [0.25, 0.3) is 16.7 Å². The normalized spacial score (nSPS) is 11.4. The molecule has 2 aromatic heterocycles. The van der Waals surface area contributed by atoms with Crippen LogP contribution >= 0.6 is 0 Å². The summed E-state index contributed by atoms with van der Waals surface area (Å²) in [5.41, 5.74) is 1.79. The van der Waals surface area contributed by atoms with Gasteiger partial charge in [0.05, 0.1) is 11.4 Å². The van der Waals surface area contributed by atoms with Gasteiger partial charge in [0.1, 0.15) is 11.6 Å². The van der Waals surface area contributed by atoms with Crippen molar-refractivity contribution >= 4 is 11.0 Å². The Balaban J connectivity index is 2.31. The number of fused-ring (bicyclic) bond motifs is 1. The van der Waals surface area contributed by atoms with Crippen molar-refractivity contribution in [3.05, 3.63) is 53.9 Å². The second-order valence-electron chi connectivity index (χ2n) is 4.95. The van der Waals surface area contributed by atoms with E-state index in [2.05, 4.69) is 10.1 Å². The molecule has 0 unspecified atom stereocenters. The molecule has 5 heteroatoms. The average molecular weight is 273 g/mol. The molecule has 3 rings (SSSR count). The van der Waals surface area contributed by atoms with Gasteiger partial charge in [0.15, 0.2) is 5.65 Å². The smallest absolute Gasteiger partial charge is 0.163 e. The number of benzene rings is 1. The third-order valence-electron chi connectivity index (χ3n) is 3.11. The zero-order chi connectivity index (χ0) is 14.3. The van der Waals surface area contributed by atoms with Crippen molar-refractivity contribution in [1.29, 1.82) is 0 Å². The van der Waals surface area contributed by atoms with E-state index in [1.54, 1.807) is 6.20 Å². The standard InChI is InChI=1S/C15H13F2N3/c1-9(2)14-13-4-3-5-18-15(13)20(19-14)12-7-10(16)6-11(17)8-12/h3-9H,1-2H3. The van der Waals surface area contributed by atoms with Gasteiger partial charge in [0, 0.05) is 17.6 Å². The van der Waals surface area contributed by atoms with Gasteiger partial charge in [-0.2, -0.15) is 5.10 Å². The zero-order valence-electron chi connectivity index (χ0n) is 11.1. The van der Waals surface area contributed by atoms with Crippen molar-refractivity contribution in [2.45, 2.75) is 19.8 Å². The minimum Gasteiger partial charge on any atom is -0.237 e. The van der Waals surface area contributed by atoms with Crippen LogP contribution in [0.2, 0.25) is 0 Å². The van der Waals surface area contributed by atoms with Crippen molar-refractivity contribution in [3.63, 3.8) is 0 Å². The summed E-state index contributed by atoms with van der Waals surface area (Å²) in [4.78, 5) is 4.28. The quantitative estimate of drug-likeness (QED) is 0.710. The van der Waals surface area contributed by atoms with Crippen LogP contribution in [0.4, 0.5) is 8.78 Å². The largest absolute Gasteiger partial charge is 0.237 e. The summed E-state index contributed by atoms with van der Waals surface area (Å²) >= 11 is 0. The molecule has 0 saturated heterocycles. The fraction of sp³-hybridized carbons (Fsp3) is 0.200. The summed E-state index contributed by atoms with van der Waals surface area (Å²) in [6, 6.07) is 7.07. The number of aromatic nitrogens is 3. The first kappa shape index (κ1) is 12.7. The second kappa shape index (κ2) is 4.67. The van der Waals surface area contributed by atoms with E-state index in [0.29, 0.717) is 11.3 Å². The van der Waals surface area contributed by atoms with Crippen LogP contribution in [-0.4, -0.2) is 14.8 Å². The number of hydrogen-bond acceptors (Lipinski definition) is 2. The minimum atomic E-state index is -0.634. The fourth-order valence-electron chi connectivity index (χ4n) is 2.24. The van der Waals surface area contributed by atoms with E-state index in [1.807, 2.05) is 26.0 Å². The molecule has 0 aliphatic heterocycles. The van der Waals surface area contributed by atoms with Crippen LogP contribution in [0.3, 0.4) is 0 Å². The van der Waals surface area contributed by atoms with E-state index in [4.69, 9.17) is 0 Å². The van der Waals surface area contributed by atoms with Crippen molar-refractivity contribution in [2.24, 2.45) is 0 Å². The van der Waals surface area contributed by atoms with E-state index >= 15 is 0 Å². The van der Waals surface area contributed by atoms with Gasteiger partial charge in [-0.25, -0.2) is 18.4 Å². The first-order valence-electron chi connectivity index (χ1n) is 6.36. The lowest BCUT2D eigenvalue weighted by Gasteiger charge is -2.03.